The lowest BCUT2D eigenvalue weighted by molar-refractivity contribution is -0.113. The van der Waals surface area contributed by atoms with Gasteiger partial charge in [0.1, 0.15) is 18.1 Å². The van der Waals surface area contributed by atoms with Crippen molar-refractivity contribution < 1.29 is 9.53 Å². The summed E-state index contributed by atoms with van der Waals surface area (Å²) < 4.78 is 7.88. The van der Waals surface area contributed by atoms with E-state index >= 15 is 0 Å². The molecule has 1 aliphatic heterocycles. The number of fused-ring (bicyclic) bond motifs is 1. The van der Waals surface area contributed by atoms with Crippen molar-refractivity contribution in [2.24, 2.45) is 0 Å². The SMILES string of the molecule is COc1ccc(C2C(C(=O)Nc3cccc(C)c3C)=C(C)Nc3ncnn32)cc1Br. The number of hydrogen-bond donors (Lipinski definition) is 2. The van der Waals surface area contributed by atoms with Gasteiger partial charge in [0.2, 0.25) is 5.95 Å². The second-order valence-electron chi connectivity index (χ2n) is 7.19. The summed E-state index contributed by atoms with van der Waals surface area (Å²) >= 11 is 3.55. The van der Waals surface area contributed by atoms with E-state index in [0.29, 0.717) is 17.3 Å². The minimum Gasteiger partial charge on any atom is -0.496 e. The Morgan fingerprint density at radius 3 is 2.77 bits per heavy atom. The molecule has 1 aliphatic rings. The van der Waals surface area contributed by atoms with Crippen molar-refractivity contribution in [1.82, 2.24) is 14.8 Å². The van der Waals surface area contributed by atoms with Crippen LogP contribution >= 0.6 is 15.9 Å². The van der Waals surface area contributed by atoms with Crippen molar-refractivity contribution in [2.45, 2.75) is 26.8 Å². The highest BCUT2D eigenvalue weighted by Crippen LogP contribution is 2.38. The second-order valence-corrected chi connectivity index (χ2v) is 8.04. The number of aryl methyl sites for hydroxylation is 1. The summed E-state index contributed by atoms with van der Waals surface area (Å²) in [5, 5.41) is 10.6. The molecule has 1 amide bonds. The zero-order chi connectivity index (χ0) is 21.4. The Morgan fingerprint density at radius 2 is 2.03 bits per heavy atom. The molecule has 2 heterocycles. The van der Waals surface area contributed by atoms with Crippen LogP contribution in [-0.2, 0) is 4.79 Å². The van der Waals surface area contributed by atoms with Crippen LogP contribution in [0.1, 0.15) is 29.7 Å². The van der Waals surface area contributed by atoms with Crippen LogP contribution in [0.2, 0.25) is 0 Å². The van der Waals surface area contributed by atoms with E-state index < -0.39 is 6.04 Å². The van der Waals surface area contributed by atoms with Crippen molar-refractivity contribution in [3.05, 3.63) is 75.2 Å². The molecule has 8 heteroatoms. The molecule has 1 unspecified atom stereocenters. The number of carbonyl (C=O) groups is 1. The van der Waals surface area contributed by atoms with Gasteiger partial charge in [-0.1, -0.05) is 18.2 Å². The lowest BCUT2D eigenvalue weighted by atomic mass is 9.94. The predicted molar refractivity (Wildman–Crippen MR) is 120 cm³/mol. The van der Waals surface area contributed by atoms with Gasteiger partial charge in [0.15, 0.2) is 0 Å². The van der Waals surface area contributed by atoms with E-state index in [1.165, 1.54) is 6.33 Å². The van der Waals surface area contributed by atoms with Gasteiger partial charge in [-0.25, -0.2) is 4.68 Å². The minimum atomic E-state index is -0.434. The summed E-state index contributed by atoms with van der Waals surface area (Å²) in [6, 6.07) is 11.2. The number of methoxy groups -OCH3 is 1. The quantitative estimate of drug-likeness (QED) is 0.586. The molecule has 0 fully saturated rings. The van der Waals surface area contributed by atoms with Crippen molar-refractivity contribution in [3.8, 4) is 5.75 Å². The summed E-state index contributed by atoms with van der Waals surface area (Å²) in [4.78, 5) is 17.7. The molecule has 1 aromatic heterocycles. The Labute approximate surface area is 183 Å². The molecule has 2 N–H and O–H groups in total. The van der Waals surface area contributed by atoms with E-state index in [0.717, 1.165) is 32.5 Å². The number of nitrogens with zero attached hydrogens (tertiary/aromatic N) is 3. The summed E-state index contributed by atoms with van der Waals surface area (Å²) in [7, 11) is 1.62. The van der Waals surface area contributed by atoms with E-state index in [1.54, 1.807) is 11.8 Å². The number of aromatic nitrogens is 3. The highest BCUT2D eigenvalue weighted by molar-refractivity contribution is 9.10. The van der Waals surface area contributed by atoms with Crippen LogP contribution < -0.4 is 15.4 Å². The normalized spacial score (nSPS) is 15.4. The molecule has 3 aromatic rings. The fraction of sp³-hybridized carbons (Fsp3) is 0.227. The summed E-state index contributed by atoms with van der Waals surface area (Å²) in [5.74, 6) is 1.12. The average Bonchev–Trinajstić information content (AvgIpc) is 3.18. The number of allylic oxidation sites excluding steroid dienone is 1. The number of benzene rings is 2. The van der Waals surface area contributed by atoms with Gasteiger partial charge in [0, 0.05) is 11.4 Å². The molecule has 2 aromatic carbocycles. The second kappa shape index (κ2) is 7.95. The maximum Gasteiger partial charge on any atom is 0.255 e. The molecule has 0 radical (unpaired) electrons. The van der Waals surface area contributed by atoms with Gasteiger partial charge in [0.05, 0.1) is 17.2 Å². The molecule has 0 spiro atoms. The van der Waals surface area contributed by atoms with Crippen molar-refractivity contribution in [2.75, 3.05) is 17.7 Å². The number of anilines is 2. The van der Waals surface area contributed by atoms with Gasteiger partial charge in [-0.2, -0.15) is 10.1 Å². The van der Waals surface area contributed by atoms with Crippen molar-refractivity contribution in [3.63, 3.8) is 0 Å². The van der Waals surface area contributed by atoms with Crippen molar-refractivity contribution in [1.29, 1.82) is 0 Å². The third-order valence-electron chi connectivity index (χ3n) is 5.38. The summed E-state index contributed by atoms with van der Waals surface area (Å²) in [5.41, 5.74) is 5.15. The highest BCUT2D eigenvalue weighted by atomic mass is 79.9. The molecule has 0 aliphatic carbocycles. The first-order valence-corrected chi connectivity index (χ1v) is 10.3. The lowest BCUT2D eigenvalue weighted by Crippen LogP contribution is -2.31. The number of rotatable bonds is 4. The number of ether oxygens (including phenoxy) is 1. The standard InChI is InChI=1S/C22H22BrN5O2/c1-12-6-5-7-17(13(12)2)27-21(29)19-14(3)26-22-24-11-25-28(22)20(19)15-8-9-18(30-4)16(23)10-15/h5-11,20H,1-4H3,(H,27,29)(H,24,25,26). The molecular formula is C22H22BrN5O2. The van der Waals surface area contributed by atoms with Gasteiger partial charge < -0.3 is 15.4 Å². The van der Waals surface area contributed by atoms with Crippen LogP contribution in [0, 0.1) is 13.8 Å². The molecule has 30 heavy (non-hydrogen) atoms. The van der Waals surface area contributed by atoms with Gasteiger partial charge in [-0.05, 0) is 71.6 Å². The maximum atomic E-state index is 13.5. The molecule has 7 nitrogen and oxygen atoms in total. The Bertz CT molecular complexity index is 1170. The molecule has 154 valence electrons. The van der Waals surface area contributed by atoms with E-state index in [1.807, 2.05) is 57.2 Å². The van der Waals surface area contributed by atoms with Crippen molar-refractivity contribution >= 4 is 33.5 Å². The number of amides is 1. The van der Waals surface area contributed by atoms with Crippen LogP contribution in [0.3, 0.4) is 0 Å². The molecule has 4 rings (SSSR count). The smallest absolute Gasteiger partial charge is 0.255 e. The molecular weight excluding hydrogens is 446 g/mol. The van der Waals surface area contributed by atoms with E-state index in [2.05, 4.69) is 36.6 Å². The lowest BCUT2D eigenvalue weighted by Gasteiger charge is -2.29. The van der Waals surface area contributed by atoms with E-state index in [-0.39, 0.29) is 5.91 Å². The molecule has 1 atom stereocenters. The van der Waals surface area contributed by atoms with Crippen LogP contribution in [0.5, 0.6) is 5.75 Å². The number of carbonyl (C=O) groups excluding carboxylic acids is 1. The Kier molecular flexibility index (Phi) is 5.34. The first-order valence-electron chi connectivity index (χ1n) is 9.49. The Balaban J connectivity index is 1.79. The largest absolute Gasteiger partial charge is 0.496 e. The van der Waals surface area contributed by atoms with Crippen LogP contribution in [0.4, 0.5) is 11.6 Å². The third kappa shape index (κ3) is 3.47. The fourth-order valence-electron chi connectivity index (χ4n) is 3.62. The third-order valence-corrected chi connectivity index (χ3v) is 6.00. The summed E-state index contributed by atoms with van der Waals surface area (Å²) in [6.07, 6.45) is 1.48. The minimum absolute atomic E-state index is 0.188. The number of halogens is 1. The van der Waals surface area contributed by atoms with Crippen LogP contribution in [0.15, 0.2) is 58.5 Å². The summed E-state index contributed by atoms with van der Waals surface area (Å²) in [6.45, 7) is 5.90. The Hall–Kier alpha value is -3.13. The average molecular weight is 468 g/mol. The first-order chi connectivity index (χ1) is 14.4. The van der Waals surface area contributed by atoms with Gasteiger partial charge >= 0.3 is 0 Å². The number of hydrogen-bond acceptors (Lipinski definition) is 5. The first kappa shape index (κ1) is 20.2. The molecule has 0 saturated carbocycles. The van der Waals surface area contributed by atoms with E-state index in [9.17, 15) is 4.79 Å². The van der Waals surface area contributed by atoms with Crippen LogP contribution in [-0.4, -0.2) is 27.8 Å². The number of nitrogens with one attached hydrogen (secondary N) is 2. The zero-order valence-electron chi connectivity index (χ0n) is 17.2. The zero-order valence-corrected chi connectivity index (χ0v) is 18.7. The fourth-order valence-corrected chi connectivity index (χ4v) is 4.18. The monoisotopic (exact) mass is 467 g/mol. The predicted octanol–water partition coefficient (Wildman–Crippen LogP) is 4.59. The topological polar surface area (TPSA) is 81.1 Å². The van der Waals surface area contributed by atoms with Gasteiger partial charge in [-0.15, -0.1) is 0 Å². The molecule has 0 saturated heterocycles. The van der Waals surface area contributed by atoms with Crippen LogP contribution in [0.25, 0.3) is 0 Å². The Morgan fingerprint density at radius 1 is 1.23 bits per heavy atom. The van der Waals surface area contributed by atoms with Gasteiger partial charge in [0.25, 0.3) is 5.91 Å². The highest BCUT2D eigenvalue weighted by Gasteiger charge is 2.34. The maximum absolute atomic E-state index is 13.5. The van der Waals surface area contributed by atoms with E-state index in [4.69, 9.17) is 4.74 Å². The van der Waals surface area contributed by atoms with Gasteiger partial charge in [-0.3, -0.25) is 4.79 Å². The molecule has 0 bridgehead atoms.